The molecule has 0 saturated carbocycles. The van der Waals surface area contributed by atoms with E-state index in [1.807, 2.05) is 16.7 Å². The highest BCUT2D eigenvalue weighted by atomic mass is 16.3. The number of aliphatic hydroxyl groups is 1. The Morgan fingerprint density at radius 1 is 1.31 bits per heavy atom. The fraction of sp³-hybridized carbons (Fsp3) is 0.591. The zero-order valence-electron chi connectivity index (χ0n) is 17.8. The van der Waals surface area contributed by atoms with Gasteiger partial charge in [0.15, 0.2) is 5.65 Å². The molecular weight excluding hydrogens is 368 g/mol. The SMILES string of the molecule is C[C@@H](O)C(=O)N1CC2C=C(c3ccc4c(n3)n(C)c(=O)n4CC(C)(C)C)CC2C1. The molecule has 2 aromatic rings. The molecule has 1 aliphatic heterocycles. The second-order valence-electron chi connectivity index (χ2n) is 9.77. The van der Waals surface area contributed by atoms with E-state index in [-0.39, 0.29) is 17.0 Å². The molecule has 156 valence electrons. The number of aliphatic hydroxyl groups excluding tert-OH is 1. The summed E-state index contributed by atoms with van der Waals surface area (Å²) in [5.74, 6) is 0.489. The molecule has 1 saturated heterocycles. The molecule has 4 rings (SSSR count). The lowest BCUT2D eigenvalue weighted by Gasteiger charge is -2.19. The second-order valence-corrected chi connectivity index (χ2v) is 9.77. The smallest absolute Gasteiger partial charge is 0.330 e. The predicted octanol–water partition coefficient (Wildman–Crippen LogP) is 2.02. The fourth-order valence-corrected chi connectivity index (χ4v) is 4.62. The van der Waals surface area contributed by atoms with Gasteiger partial charge in [-0.3, -0.25) is 13.9 Å². The van der Waals surface area contributed by atoms with E-state index in [1.165, 1.54) is 12.5 Å². The molecule has 0 bridgehead atoms. The van der Waals surface area contributed by atoms with Gasteiger partial charge in [-0.15, -0.1) is 0 Å². The van der Waals surface area contributed by atoms with Crippen molar-refractivity contribution in [3.63, 3.8) is 0 Å². The van der Waals surface area contributed by atoms with Gasteiger partial charge in [0.05, 0.1) is 11.2 Å². The highest BCUT2D eigenvalue weighted by molar-refractivity contribution is 5.81. The van der Waals surface area contributed by atoms with Crippen LogP contribution in [0.2, 0.25) is 0 Å². The summed E-state index contributed by atoms with van der Waals surface area (Å²) in [5.41, 5.74) is 3.62. The topological polar surface area (TPSA) is 80.4 Å². The minimum atomic E-state index is -0.945. The lowest BCUT2D eigenvalue weighted by atomic mass is 9.97. The Labute approximate surface area is 170 Å². The molecule has 0 radical (unpaired) electrons. The van der Waals surface area contributed by atoms with Crippen molar-refractivity contribution in [2.45, 2.75) is 46.8 Å². The number of amides is 1. The maximum absolute atomic E-state index is 12.7. The maximum atomic E-state index is 12.7. The highest BCUT2D eigenvalue weighted by Crippen LogP contribution is 2.40. The first-order chi connectivity index (χ1) is 13.5. The largest absolute Gasteiger partial charge is 0.384 e. The van der Waals surface area contributed by atoms with E-state index < -0.39 is 6.10 Å². The van der Waals surface area contributed by atoms with Gasteiger partial charge in [-0.1, -0.05) is 26.8 Å². The van der Waals surface area contributed by atoms with Gasteiger partial charge in [0.2, 0.25) is 0 Å². The first kappa shape index (κ1) is 19.9. The number of hydrogen-bond donors (Lipinski definition) is 1. The number of pyridine rings is 1. The van der Waals surface area contributed by atoms with Crippen LogP contribution in [-0.4, -0.2) is 49.2 Å². The molecule has 1 aliphatic carbocycles. The minimum absolute atomic E-state index is 0.00240. The summed E-state index contributed by atoms with van der Waals surface area (Å²) >= 11 is 0. The van der Waals surface area contributed by atoms with E-state index >= 15 is 0 Å². The van der Waals surface area contributed by atoms with Crippen LogP contribution in [0.4, 0.5) is 0 Å². The zero-order valence-corrected chi connectivity index (χ0v) is 17.8. The van der Waals surface area contributed by atoms with Gasteiger partial charge in [-0.05, 0) is 48.3 Å². The third-order valence-electron chi connectivity index (χ3n) is 6.00. The van der Waals surface area contributed by atoms with Gasteiger partial charge >= 0.3 is 5.69 Å². The van der Waals surface area contributed by atoms with Crippen molar-refractivity contribution in [3.8, 4) is 0 Å². The van der Waals surface area contributed by atoms with Crippen LogP contribution in [0, 0.1) is 17.3 Å². The van der Waals surface area contributed by atoms with Gasteiger partial charge in [0.25, 0.3) is 5.91 Å². The van der Waals surface area contributed by atoms with Gasteiger partial charge < -0.3 is 10.0 Å². The minimum Gasteiger partial charge on any atom is -0.384 e. The Bertz CT molecular complexity index is 1050. The van der Waals surface area contributed by atoms with Crippen molar-refractivity contribution in [1.29, 1.82) is 0 Å². The number of hydrogen-bond acceptors (Lipinski definition) is 4. The maximum Gasteiger partial charge on any atom is 0.330 e. The molecule has 29 heavy (non-hydrogen) atoms. The summed E-state index contributed by atoms with van der Waals surface area (Å²) in [5, 5.41) is 9.55. The lowest BCUT2D eigenvalue weighted by Crippen LogP contribution is -2.36. The van der Waals surface area contributed by atoms with Gasteiger partial charge in [-0.25, -0.2) is 9.78 Å². The van der Waals surface area contributed by atoms with E-state index in [0.29, 0.717) is 37.1 Å². The number of carbonyl (C=O) groups is 1. The molecule has 2 unspecified atom stereocenters. The summed E-state index contributed by atoms with van der Waals surface area (Å²) in [6.07, 6.45) is 2.14. The average Bonchev–Trinajstić information content (AvgIpc) is 3.27. The van der Waals surface area contributed by atoms with Crippen molar-refractivity contribution in [1.82, 2.24) is 19.0 Å². The van der Waals surface area contributed by atoms with E-state index in [0.717, 1.165) is 17.6 Å². The van der Waals surface area contributed by atoms with Crippen LogP contribution in [-0.2, 0) is 18.4 Å². The first-order valence-corrected chi connectivity index (χ1v) is 10.3. The van der Waals surface area contributed by atoms with Crippen LogP contribution in [0.3, 0.4) is 0 Å². The summed E-state index contributed by atoms with van der Waals surface area (Å²) < 4.78 is 3.44. The monoisotopic (exact) mass is 398 g/mol. The molecule has 3 heterocycles. The molecule has 1 amide bonds. The Morgan fingerprint density at radius 3 is 2.66 bits per heavy atom. The molecule has 2 aliphatic rings. The van der Waals surface area contributed by atoms with Crippen LogP contribution in [0.15, 0.2) is 23.0 Å². The summed E-state index contributed by atoms with van der Waals surface area (Å²) in [7, 11) is 1.78. The quantitative estimate of drug-likeness (QED) is 0.858. The first-order valence-electron chi connectivity index (χ1n) is 10.3. The molecule has 7 nitrogen and oxygen atoms in total. The summed E-state index contributed by atoms with van der Waals surface area (Å²) in [6, 6.07) is 4.01. The van der Waals surface area contributed by atoms with Crippen LogP contribution in [0.5, 0.6) is 0 Å². The third-order valence-corrected chi connectivity index (χ3v) is 6.00. The number of allylic oxidation sites excluding steroid dienone is 1. The second kappa shape index (κ2) is 6.83. The van der Waals surface area contributed by atoms with E-state index in [4.69, 9.17) is 4.98 Å². The number of imidazole rings is 1. The van der Waals surface area contributed by atoms with Crippen molar-refractivity contribution in [2.75, 3.05) is 13.1 Å². The number of fused-ring (bicyclic) bond motifs is 2. The molecule has 3 atom stereocenters. The molecule has 0 aromatic carbocycles. The number of aromatic nitrogens is 3. The molecule has 7 heteroatoms. The summed E-state index contributed by atoms with van der Waals surface area (Å²) in [6.45, 7) is 9.85. The van der Waals surface area contributed by atoms with Crippen molar-refractivity contribution >= 4 is 22.6 Å². The number of aryl methyl sites for hydroxylation is 1. The van der Waals surface area contributed by atoms with Gasteiger partial charge in [-0.2, -0.15) is 0 Å². The van der Waals surface area contributed by atoms with Gasteiger partial charge in [0.1, 0.15) is 6.10 Å². The van der Waals surface area contributed by atoms with Crippen molar-refractivity contribution in [2.24, 2.45) is 24.3 Å². The average molecular weight is 399 g/mol. The summed E-state index contributed by atoms with van der Waals surface area (Å²) in [4.78, 5) is 31.4. The Kier molecular flexibility index (Phi) is 4.69. The zero-order chi connectivity index (χ0) is 21.1. The van der Waals surface area contributed by atoms with Crippen molar-refractivity contribution in [3.05, 3.63) is 34.4 Å². The van der Waals surface area contributed by atoms with Crippen LogP contribution in [0.25, 0.3) is 16.7 Å². The Hall–Kier alpha value is -2.41. The number of carbonyl (C=O) groups excluding carboxylic acids is 1. The molecule has 1 N–H and O–H groups in total. The van der Waals surface area contributed by atoms with E-state index in [9.17, 15) is 14.7 Å². The standard InChI is InChI=1S/C22H30N4O3/c1-13(27)20(28)25-10-15-8-14(9-16(15)11-25)17-6-7-18-19(23-17)24(5)21(29)26(18)12-22(2,3)4/h6-8,13,15-16,27H,9-12H2,1-5H3/t13-,15?,16?/m1/s1. The lowest BCUT2D eigenvalue weighted by molar-refractivity contribution is -0.138. The number of rotatable bonds is 3. The molecule has 0 spiro atoms. The molecular formula is C22H30N4O3. The van der Waals surface area contributed by atoms with Crippen LogP contribution >= 0.6 is 0 Å². The third kappa shape index (κ3) is 3.52. The number of nitrogens with zero attached hydrogens (tertiary/aromatic N) is 4. The van der Waals surface area contributed by atoms with Crippen molar-refractivity contribution < 1.29 is 9.90 Å². The fourth-order valence-electron chi connectivity index (χ4n) is 4.62. The molecule has 1 fully saturated rings. The van der Waals surface area contributed by atoms with Gasteiger partial charge in [0, 0.05) is 26.7 Å². The van der Waals surface area contributed by atoms with Crippen LogP contribution < -0.4 is 5.69 Å². The molecule has 2 aromatic heterocycles. The van der Waals surface area contributed by atoms with Crippen LogP contribution in [0.1, 0.15) is 39.8 Å². The Morgan fingerprint density at radius 2 is 2.03 bits per heavy atom. The van der Waals surface area contributed by atoms with E-state index in [2.05, 4.69) is 26.8 Å². The van der Waals surface area contributed by atoms with E-state index in [1.54, 1.807) is 16.5 Å². The number of likely N-dealkylation sites (tertiary alicyclic amines) is 1. The highest BCUT2D eigenvalue weighted by Gasteiger charge is 2.39. The normalized spacial score (nSPS) is 22.8. The Balaban J connectivity index is 1.62. The predicted molar refractivity (Wildman–Crippen MR) is 112 cm³/mol.